The maximum absolute atomic E-state index is 3.50. The van der Waals surface area contributed by atoms with Crippen LogP contribution in [0.15, 0.2) is 0 Å². The summed E-state index contributed by atoms with van der Waals surface area (Å²) in [5, 5.41) is 1.18. The zero-order chi connectivity index (χ0) is 6.69. The molecule has 1 rings (SSSR count). The lowest BCUT2D eigenvalue weighted by Crippen LogP contribution is -2.14. The van der Waals surface area contributed by atoms with Crippen LogP contribution in [0.3, 0.4) is 0 Å². The van der Waals surface area contributed by atoms with Gasteiger partial charge in [-0.3, -0.25) is 0 Å². The van der Waals surface area contributed by atoms with Crippen molar-refractivity contribution in [2.24, 2.45) is 11.8 Å². The van der Waals surface area contributed by atoms with Crippen LogP contribution in [0.4, 0.5) is 0 Å². The summed E-state index contributed by atoms with van der Waals surface area (Å²) >= 11 is 3.50. The van der Waals surface area contributed by atoms with Crippen LogP contribution in [0.25, 0.3) is 0 Å². The van der Waals surface area contributed by atoms with Crippen LogP contribution < -0.4 is 0 Å². The molecule has 0 heterocycles. The van der Waals surface area contributed by atoms with E-state index in [0.29, 0.717) is 0 Å². The van der Waals surface area contributed by atoms with E-state index in [0.717, 1.165) is 11.8 Å². The predicted molar refractivity (Wildman–Crippen MR) is 44.9 cm³/mol. The van der Waals surface area contributed by atoms with Crippen molar-refractivity contribution in [2.45, 2.75) is 32.6 Å². The summed E-state index contributed by atoms with van der Waals surface area (Å²) in [5.41, 5.74) is 0. The first-order valence-corrected chi connectivity index (χ1v) is 5.01. The molecule has 9 heavy (non-hydrogen) atoms. The molecular formula is C8H15Br. The topological polar surface area (TPSA) is 0 Å². The van der Waals surface area contributed by atoms with Crippen molar-refractivity contribution in [3.8, 4) is 0 Å². The molecule has 0 aromatic rings. The van der Waals surface area contributed by atoms with Crippen molar-refractivity contribution in [2.75, 3.05) is 5.33 Å². The van der Waals surface area contributed by atoms with Gasteiger partial charge in [-0.05, 0) is 18.3 Å². The third-order valence-corrected chi connectivity index (χ3v) is 3.33. The molecule has 54 valence electrons. The van der Waals surface area contributed by atoms with Gasteiger partial charge in [0.05, 0.1) is 0 Å². The minimum atomic E-state index is 0.898. The molecule has 1 aliphatic carbocycles. The Morgan fingerprint density at radius 3 is 2.56 bits per heavy atom. The summed E-state index contributed by atoms with van der Waals surface area (Å²) in [6.07, 6.45) is 5.93. The number of halogens is 1. The second-order valence-electron chi connectivity index (χ2n) is 3.29. The van der Waals surface area contributed by atoms with Gasteiger partial charge in [-0.15, -0.1) is 0 Å². The molecule has 0 saturated heterocycles. The summed E-state index contributed by atoms with van der Waals surface area (Å²) in [6, 6.07) is 0. The molecule has 1 unspecified atom stereocenters. The van der Waals surface area contributed by atoms with Crippen molar-refractivity contribution >= 4 is 15.9 Å². The van der Waals surface area contributed by atoms with E-state index in [4.69, 9.17) is 0 Å². The van der Waals surface area contributed by atoms with Crippen molar-refractivity contribution in [1.82, 2.24) is 0 Å². The molecule has 0 spiro atoms. The third kappa shape index (κ3) is 2.29. The third-order valence-electron chi connectivity index (χ3n) is 2.22. The van der Waals surface area contributed by atoms with Gasteiger partial charge in [0.2, 0.25) is 0 Å². The fourth-order valence-electron chi connectivity index (χ4n) is 1.36. The first kappa shape index (κ1) is 7.59. The second kappa shape index (κ2) is 3.60. The van der Waals surface area contributed by atoms with Gasteiger partial charge in [-0.2, -0.15) is 0 Å². The average Bonchev–Trinajstić information content (AvgIpc) is 1.78. The predicted octanol–water partition coefficient (Wildman–Crippen LogP) is 3.21. The first-order chi connectivity index (χ1) is 4.33. The molecule has 1 aliphatic rings. The maximum Gasteiger partial charge on any atom is 0.00571 e. The van der Waals surface area contributed by atoms with E-state index in [1.165, 1.54) is 31.0 Å². The van der Waals surface area contributed by atoms with Crippen molar-refractivity contribution in [1.29, 1.82) is 0 Å². The number of hydrogen-bond donors (Lipinski definition) is 0. The SMILES string of the molecule is CC(CBr)CC1CCC1. The maximum atomic E-state index is 3.50. The minimum absolute atomic E-state index is 0.898. The molecule has 0 aromatic carbocycles. The Kier molecular flexibility index (Phi) is 3.03. The lowest BCUT2D eigenvalue weighted by atomic mass is 9.80. The molecule has 0 radical (unpaired) electrons. The van der Waals surface area contributed by atoms with Crippen molar-refractivity contribution < 1.29 is 0 Å². The monoisotopic (exact) mass is 190 g/mol. The van der Waals surface area contributed by atoms with Crippen LogP contribution in [-0.2, 0) is 0 Å². The Morgan fingerprint density at radius 2 is 2.22 bits per heavy atom. The average molecular weight is 191 g/mol. The molecule has 1 atom stereocenters. The molecule has 0 bridgehead atoms. The van der Waals surface area contributed by atoms with Gasteiger partial charge in [0.15, 0.2) is 0 Å². The standard InChI is InChI=1S/C8H15Br/c1-7(6-9)5-8-3-2-4-8/h7-8H,2-6H2,1H3. The quantitative estimate of drug-likeness (QED) is 0.601. The van der Waals surface area contributed by atoms with E-state index in [1.807, 2.05) is 0 Å². The Morgan fingerprint density at radius 1 is 1.56 bits per heavy atom. The Labute approximate surface area is 66.2 Å². The van der Waals surface area contributed by atoms with Crippen LogP contribution in [0.5, 0.6) is 0 Å². The van der Waals surface area contributed by atoms with Gasteiger partial charge in [-0.1, -0.05) is 42.1 Å². The zero-order valence-electron chi connectivity index (χ0n) is 6.07. The van der Waals surface area contributed by atoms with Crippen LogP contribution in [0.2, 0.25) is 0 Å². The van der Waals surface area contributed by atoms with E-state index < -0.39 is 0 Å². The molecule has 0 aromatic heterocycles. The molecule has 0 N–H and O–H groups in total. The summed E-state index contributed by atoms with van der Waals surface area (Å²) in [7, 11) is 0. The van der Waals surface area contributed by atoms with Crippen molar-refractivity contribution in [3.05, 3.63) is 0 Å². The van der Waals surface area contributed by atoms with E-state index in [-0.39, 0.29) is 0 Å². The zero-order valence-corrected chi connectivity index (χ0v) is 7.65. The lowest BCUT2D eigenvalue weighted by Gasteiger charge is -2.27. The summed E-state index contributed by atoms with van der Waals surface area (Å²) in [6.45, 7) is 2.33. The van der Waals surface area contributed by atoms with Crippen LogP contribution >= 0.6 is 15.9 Å². The van der Waals surface area contributed by atoms with Gasteiger partial charge >= 0.3 is 0 Å². The Hall–Kier alpha value is 0.480. The highest BCUT2D eigenvalue weighted by molar-refractivity contribution is 9.09. The largest absolute Gasteiger partial charge is 0.0925 e. The lowest BCUT2D eigenvalue weighted by molar-refractivity contribution is 0.266. The molecule has 0 nitrogen and oxygen atoms in total. The van der Waals surface area contributed by atoms with Crippen LogP contribution in [0.1, 0.15) is 32.6 Å². The van der Waals surface area contributed by atoms with Gasteiger partial charge in [0, 0.05) is 5.33 Å². The van der Waals surface area contributed by atoms with Crippen LogP contribution in [0, 0.1) is 11.8 Å². The van der Waals surface area contributed by atoms with Crippen LogP contribution in [-0.4, -0.2) is 5.33 Å². The van der Waals surface area contributed by atoms with Gasteiger partial charge < -0.3 is 0 Å². The molecular weight excluding hydrogens is 176 g/mol. The highest BCUT2D eigenvalue weighted by Gasteiger charge is 2.18. The second-order valence-corrected chi connectivity index (χ2v) is 3.94. The molecule has 1 saturated carbocycles. The van der Waals surface area contributed by atoms with E-state index in [2.05, 4.69) is 22.9 Å². The van der Waals surface area contributed by atoms with Gasteiger partial charge in [0.1, 0.15) is 0 Å². The number of alkyl halides is 1. The summed E-state index contributed by atoms with van der Waals surface area (Å²) in [5.74, 6) is 1.98. The molecule has 1 fully saturated rings. The smallest absolute Gasteiger partial charge is 0.00571 e. The van der Waals surface area contributed by atoms with Gasteiger partial charge in [-0.25, -0.2) is 0 Å². The fraction of sp³-hybridized carbons (Fsp3) is 1.00. The van der Waals surface area contributed by atoms with Gasteiger partial charge in [0.25, 0.3) is 0 Å². The minimum Gasteiger partial charge on any atom is -0.0925 e. The van der Waals surface area contributed by atoms with E-state index >= 15 is 0 Å². The molecule has 0 amide bonds. The first-order valence-electron chi connectivity index (χ1n) is 3.89. The Bertz CT molecular complexity index is 73.9. The normalized spacial score (nSPS) is 23.3. The summed E-state index contributed by atoms with van der Waals surface area (Å²) < 4.78 is 0. The van der Waals surface area contributed by atoms with E-state index in [9.17, 15) is 0 Å². The highest BCUT2D eigenvalue weighted by Crippen LogP contribution is 2.32. The number of rotatable bonds is 3. The number of hydrogen-bond acceptors (Lipinski definition) is 0. The molecule has 0 aliphatic heterocycles. The summed E-state index contributed by atoms with van der Waals surface area (Å²) in [4.78, 5) is 0. The Balaban J connectivity index is 2.01. The molecule has 1 heteroatoms. The fourth-order valence-corrected chi connectivity index (χ4v) is 1.62. The van der Waals surface area contributed by atoms with Crippen molar-refractivity contribution in [3.63, 3.8) is 0 Å². The highest BCUT2D eigenvalue weighted by atomic mass is 79.9. The van der Waals surface area contributed by atoms with E-state index in [1.54, 1.807) is 0 Å².